The van der Waals surface area contributed by atoms with Crippen LogP contribution in [0.5, 0.6) is 5.75 Å². The van der Waals surface area contributed by atoms with Crippen LogP contribution >= 0.6 is 11.6 Å². The predicted octanol–water partition coefficient (Wildman–Crippen LogP) is 5.10. The van der Waals surface area contributed by atoms with Crippen molar-refractivity contribution in [2.45, 2.75) is 6.04 Å². The maximum Gasteiger partial charge on any atom is 0.319 e. The van der Waals surface area contributed by atoms with Gasteiger partial charge in [-0.15, -0.1) is 0 Å². The van der Waals surface area contributed by atoms with Crippen LogP contribution in [0, 0.1) is 0 Å². The number of nitrogens with one attached hydrogen (secondary N) is 2. The van der Waals surface area contributed by atoms with E-state index < -0.39 is 0 Å². The van der Waals surface area contributed by atoms with Crippen molar-refractivity contribution >= 4 is 34.7 Å². The second-order valence-electron chi connectivity index (χ2n) is 9.04. The zero-order valence-corrected chi connectivity index (χ0v) is 21.8. The summed E-state index contributed by atoms with van der Waals surface area (Å²) in [6.07, 6.45) is 0. The molecule has 1 aliphatic heterocycles. The number of hydrogen-bond acceptors (Lipinski definition) is 5. The van der Waals surface area contributed by atoms with Crippen molar-refractivity contribution in [3.05, 3.63) is 83.4 Å². The lowest BCUT2D eigenvalue weighted by Gasteiger charge is -2.40. The summed E-state index contributed by atoms with van der Waals surface area (Å²) in [7, 11) is 5.63. The van der Waals surface area contributed by atoms with E-state index in [1.807, 2.05) is 20.2 Å². The van der Waals surface area contributed by atoms with E-state index in [1.54, 1.807) is 25.3 Å². The Morgan fingerprint density at radius 3 is 2.33 bits per heavy atom. The summed E-state index contributed by atoms with van der Waals surface area (Å²) in [5.41, 5.74) is 4.10. The summed E-state index contributed by atoms with van der Waals surface area (Å²) < 4.78 is 5.35. The number of amides is 2. The lowest BCUT2D eigenvalue weighted by molar-refractivity contribution is 0.182. The number of methoxy groups -OCH3 is 1. The summed E-state index contributed by atoms with van der Waals surface area (Å²) in [6, 6.07) is 24.0. The van der Waals surface area contributed by atoms with Crippen LogP contribution in [-0.4, -0.2) is 64.9 Å². The topological polar surface area (TPSA) is 60.1 Å². The number of hydrogen-bond donors (Lipinski definition) is 2. The predicted molar refractivity (Wildman–Crippen MR) is 149 cm³/mol. The number of carbonyl (C=O) groups is 1. The smallest absolute Gasteiger partial charge is 0.319 e. The van der Waals surface area contributed by atoms with E-state index in [0.29, 0.717) is 23.0 Å². The molecule has 1 aliphatic rings. The normalized spacial score (nSPS) is 14.7. The fourth-order valence-electron chi connectivity index (χ4n) is 4.52. The van der Waals surface area contributed by atoms with Gasteiger partial charge in [0.2, 0.25) is 0 Å². The highest BCUT2D eigenvalue weighted by molar-refractivity contribution is 6.31. The van der Waals surface area contributed by atoms with Gasteiger partial charge >= 0.3 is 6.03 Å². The second kappa shape index (κ2) is 12.0. The molecule has 2 N–H and O–H groups in total. The molecular formula is C28H34ClN5O2. The Labute approximate surface area is 218 Å². The third-order valence-corrected chi connectivity index (χ3v) is 6.77. The van der Waals surface area contributed by atoms with Crippen molar-refractivity contribution in [1.29, 1.82) is 0 Å². The Balaban J connectivity index is 1.46. The lowest BCUT2D eigenvalue weighted by atomic mass is 10.0. The van der Waals surface area contributed by atoms with Gasteiger partial charge in [-0.1, -0.05) is 41.9 Å². The first-order valence-electron chi connectivity index (χ1n) is 12.1. The van der Waals surface area contributed by atoms with Gasteiger partial charge in [-0.05, 0) is 48.0 Å². The van der Waals surface area contributed by atoms with E-state index in [1.165, 1.54) is 11.3 Å². The number of ether oxygens (including phenoxy) is 1. The average Bonchev–Trinajstić information content (AvgIpc) is 2.90. The molecule has 8 heteroatoms. The molecule has 0 aliphatic carbocycles. The first kappa shape index (κ1) is 25.7. The molecule has 1 unspecified atom stereocenters. The zero-order chi connectivity index (χ0) is 25.5. The molecule has 0 spiro atoms. The second-order valence-corrected chi connectivity index (χ2v) is 9.48. The Morgan fingerprint density at radius 1 is 1.00 bits per heavy atom. The van der Waals surface area contributed by atoms with Gasteiger partial charge in [0.1, 0.15) is 5.75 Å². The van der Waals surface area contributed by atoms with Gasteiger partial charge < -0.3 is 25.2 Å². The first-order valence-corrected chi connectivity index (χ1v) is 12.5. The standard InChI is InChI=1S/C28H34ClN5O2/c1-32(2)23-12-9-21(10-13-23)26(34-17-15-33(16-18-34)24-7-5-4-6-8-24)20-30-28(35)31-25-19-22(29)11-14-27(25)36-3/h4-14,19,26H,15-18,20H2,1-3H3,(H2,30,31,35). The van der Waals surface area contributed by atoms with Crippen molar-refractivity contribution < 1.29 is 9.53 Å². The molecule has 1 saturated heterocycles. The summed E-state index contributed by atoms with van der Waals surface area (Å²) in [4.78, 5) is 19.8. The summed E-state index contributed by atoms with van der Waals surface area (Å²) in [5, 5.41) is 6.46. The molecule has 1 atom stereocenters. The van der Waals surface area contributed by atoms with E-state index in [2.05, 4.69) is 73.9 Å². The van der Waals surface area contributed by atoms with Crippen LogP contribution in [0.15, 0.2) is 72.8 Å². The van der Waals surface area contributed by atoms with E-state index >= 15 is 0 Å². The summed E-state index contributed by atoms with van der Waals surface area (Å²) in [5.74, 6) is 0.558. The van der Waals surface area contributed by atoms with E-state index in [4.69, 9.17) is 16.3 Å². The molecule has 0 saturated carbocycles. The van der Waals surface area contributed by atoms with E-state index in [-0.39, 0.29) is 12.1 Å². The number of halogens is 1. The average molecular weight is 508 g/mol. The first-order chi connectivity index (χ1) is 17.4. The van der Waals surface area contributed by atoms with Crippen molar-refractivity contribution in [2.24, 2.45) is 0 Å². The van der Waals surface area contributed by atoms with Gasteiger partial charge in [-0.3, -0.25) is 4.90 Å². The van der Waals surface area contributed by atoms with Crippen LogP contribution in [0.25, 0.3) is 0 Å². The Morgan fingerprint density at radius 2 is 1.69 bits per heavy atom. The van der Waals surface area contributed by atoms with Crippen molar-refractivity contribution in [2.75, 3.05) is 69.0 Å². The molecule has 190 valence electrons. The highest BCUT2D eigenvalue weighted by Gasteiger charge is 2.26. The quantitative estimate of drug-likeness (QED) is 0.444. The monoisotopic (exact) mass is 507 g/mol. The molecule has 0 aromatic heterocycles. The van der Waals surface area contributed by atoms with Gasteiger partial charge in [0.25, 0.3) is 0 Å². The third-order valence-electron chi connectivity index (χ3n) is 6.54. The number of rotatable bonds is 8. The molecule has 0 bridgehead atoms. The van der Waals surface area contributed by atoms with Crippen LogP contribution in [0.1, 0.15) is 11.6 Å². The molecule has 1 fully saturated rings. The lowest BCUT2D eigenvalue weighted by Crippen LogP contribution is -2.50. The Hall–Kier alpha value is -3.42. The molecule has 2 amide bonds. The minimum atomic E-state index is -0.298. The van der Waals surface area contributed by atoms with Gasteiger partial charge in [0.05, 0.1) is 18.8 Å². The molecule has 3 aromatic rings. The number of para-hydroxylation sites is 1. The van der Waals surface area contributed by atoms with Gasteiger partial charge in [-0.25, -0.2) is 4.79 Å². The Kier molecular flexibility index (Phi) is 8.57. The number of benzene rings is 3. The number of urea groups is 1. The van der Waals surface area contributed by atoms with Gasteiger partial charge in [0.15, 0.2) is 0 Å². The fraction of sp³-hybridized carbons (Fsp3) is 0.321. The number of anilines is 3. The van der Waals surface area contributed by atoms with Crippen LogP contribution in [0.4, 0.5) is 21.9 Å². The molecule has 1 heterocycles. The maximum absolute atomic E-state index is 12.8. The zero-order valence-electron chi connectivity index (χ0n) is 21.1. The van der Waals surface area contributed by atoms with Crippen LogP contribution in [0.3, 0.4) is 0 Å². The van der Waals surface area contributed by atoms with Crippen molar-refractivity contribution in [3.63, 3.8) is 0 Å². The minimum absolute atomic E-state index is 0.0474. The molecule has 0 radical (unpaired) electrons. The number of nitrogens with zero attached hydrogens (tertiary/aromatic N) is 3. The van der Waals surface area contributed by atoms with Crippen LogP contribution in [0.2, 0.25) is 5.02 Å². The van der Waals surface area contributed by atoms with E-state index in [0.717, 1.165) is 31.9 Å². The highest BCUT2D eigenvalue weighted by atomic mass is 35.5. The van der Waals surface area contributed by atoms with Crippen molar-refractivity contribution in [1.82, 2.24) is 10.2 Å². The number of carbonyl (C=O) groups excluding carboxylic acids is 1. The summed E-state index contributed by atoms with van der Waals surface area (Å²) >= 11 is 6.12. The Bertz CT molecular complexity index is 1130. The maximum atomic E-state index is 12.8. The van der Waals surface area contributed by atoms with Gasteiger partial charge in [0, 0.05) is 63.2 Å². The van der Waals surface area contributed by atoms with E-state index in [9.17, 15) is 4.79 Å². The SMILES string of the molecule is COc1ccc(Cl)cc1NC(=O)NCC(c1ccc(N(C)C)cc1)N1CCN(c2ccccc2)CC1. The third kappa shape index (κ3) is 6.42. The van der Waals surface area contributed by atoms with Gasteiger partial charge in [-0.2, -0.15) is 0 Å². The molecule has 7 nitrogen and oxygen atoms in total. The highest BCUT2D eigenvalue weighted by Crippen LogP contribution is 2.28. The molecule has 36 heavy (non-hydrogen) atoms. The molecule has 4 rings (SSSR count). The molecule has 3 aromatic carbocycles. The fourth-order valence-corrected chi connectivity index (χ4v) is 4.69. The summed E-state index contributed by atoms with van der Waals surface area (Å²) in [6.45, 7) is 4.15. The number of piperazine rings is 1. The van der Waals surface area contributed by atoms with Crippen LogP contribution < -0.4 is 25.2 Å². The largest absolute Gasteiger partial charge is 0.495 e. The van der Waals surface area contributed by atoms with Crippen molar-refractivity contribution in [3.8, 4) is 5.75 Å². The molecular weight excluding hydrogens is 474 g/mol. The van der Waals surface area contributed by atoms with Crippen LogP contribution in [-0.2, 0) is 0 Å². The minimum Gasteiger partial charge on any atom is -0.495 e.